The molecule has 1 N–H and O–H groups in total. The van der Waals surface area contributed by atoms with E-state index in [0.29, 0.717) is 24.9 Å². The van der Waals surface area contributed by atoms with Gasteiger partial charge in [-0.15, -0.1) is 10.2 Å². The first-order valence-electron chi connectivity index (χ1n) is 9.86. The highest BCUT2D eigenvalue weighted by atomic mass is 32.2. The van der Waals surface area contributed by atoms with Crippen LogP contribution in [0.3, 0.4) is 0 Å². The predicted octanol–water partition coefficient (Wildman–Crippen LogP) is 4.31. The van der Waals surface area contributed by atoms with Crippen LogP contribution in [-0.4, -0.2) is 33.0 Å². The van der Waals surface area contributed by atoms with Gasteiger partial charge in [0.1, 0.15) is 18.1 Å². The Morgan fingerprint density at radius 3 is 2.57 bits per heavy atom. The minimum absolute atomic E-state index is 0.104. The van der Waals surface area contributed by atoms with Gasteiger partial charge in [-0.05, 0) is 62.7 Å². The van der Waals surface area contributed by atoms with Crippen LogP contribution in [0.25, 0.3) is 0 Å². The topological polar surface area (TPSA) is 78.3 Å². The summed E-state index contributed by atoms with van der Waals surface area (Å²) in [6.07, 6.45) is 0. The van der Waals surface area contributed by atoms with Crippen LogP contribution in [0, 0.1) is 6.92 Å². The van der Waals surface area contributed by atoms with E-state index >= 15 is 0 Å². The second-order valence-corrected chi connectivity index (χ2v) is 7.48. The smallest absolute Gasteiger partial charge is 0.234 e. The molecule has 0 atom stereocenters. The third-order valence-corrected chi connectivity index (χ3v) is 5.22. The number of hydrogen-bond acceptors (Lipinski definition) is 6. The van der Waals surface area contributed by atoms with Gasteiger partial charge in [-0.2, -0.15) is 0 Å². The van der Waals surface area contributed by atoms with Gasteiger partial charge in [-0.25, -0.2) is 0 Å². The van der Waals surface area contributed by atoms with E-state index in [1.807, 2.05) is 73.9 Å². The minimum atomic E-state index is -0.104. The summed E-state index contributed by atoms with van der Waals surface area (Å²) in [4.78, 5) is 12.3. The number of aromatic nitrogens is 3. The van der Waals surface area contributed by atoms with Crippen molar-refractivity contribution in [2.45, 2.75) is 39.1 Å². The summed E-state index contributed by atoms with van der Waals surface area (Å²) in [5, 5.41) is 12.0. The fourth-order valence-electron chi connectivity index (χ4n) is 2.83. The van der Waals surface area contributed by atoms with Crippen molar-refractivity contribution in [3.8, 4) is 11.5 Å². The molecule has 1 aromatic heterocycles. The monoisotopic (exact) mass is 426 g/mol. The van der Waals surface area contributed by atoms with Crippen LogP contribution in [0.1, 0.15) is 25.2 Å². The van der Waals surface area contributed by atoms with Crippen molar-refractivity contribution < 1.29 is 14.3 Å². The molecule has 0 saturated carbocycles. The first kappa shape index (κ1) is 21.7. The summed E-state index contributed by atoms with van der Waals surface area (Å²) < 4.78 is 13.2. The molecule has 0 aliphatic carbocycles. The molecule has 0 saturated heterocycles. The van der Waals surface area contributed by atoms with Crippen LogP contribution in [0.4, 0.5) is 5.69 Å². The van der Waals surface area contributed by atoms with Crippen molar-refractivity contribution in [3.63, 3.8) is 0 Å². The summed E-state index contributed by atoms with van der Waals surface area (Å²) in [5.41, 5.74) is 1.87. The van der Waals surface area contributed by atoms with E-state index in [9.17, 15) is 4.79 Å². The number of carbonyl (C=O) groups is 1. The van der Waals surface area contributed by atoms with Crippen molar-refractivity contribution >= 4 is 23.4 Å². The normalized spacial score (nSPS) is 10.6. The van der Waals surface area contributed by atoms with E-state index in [4.69, 9.17) is 9.47 Å². The van der Waals surface area contributed by atoms with Crippen molar-refractivity contribution in [2.75, 3.05) is 17.7 Å². The number of benzene rings is 2. The zero-order valence-electron chi connectivity index (χ0n) is 17.4. The van der Waals surface area contributed by atoms with E-state index in [0.717, 1.165) is 28.6 Å². The number of amides is 1. The highest BCUT2D eigenvalue weighted by molar-refractivity contribution is 7.99. The summed E-state index contributed by atoms with van der Waals surface area (Å²) in [7, 11) is 0. The standard InChI is InChI=1S/C22H26N4O3S/c1-4-26-20(14-29-19-8-6-7-16(3)13-19)24-25-22(26)30-15-21(27)23-17-9-11-18(12-10-17)28-5-2/h6-13H,4-5,14-15H2,1-3H3,(H,23,27). The van der Waals surface area contributed by atoms with E-state index in [2.05, 4.69) is 15.5 Å². The second kappa shape index (κ2) is 10.7. The minimum Gasteiger partial charge on any atom is -0.494 e. The number of aryl methyl sites for hydroxylation is 1. The Labute approximate surface area is 180 Å². The number of nitrogens with zero attached hydrogens (tertiary/aromatic N) is 3. The van der Waals surface area contributed by atoms with E-state index in [1.165, 1.54) is 11.8 Å². The fourth-order valence-corrected chi connectivity index (χ4v) is 3.65. The average molecular weight is 427 g/mol. The number of nitrogens with one attached hydrogen (secondary N) is 1. The molecule has 3 aromatic rings. The van der Waals surface area contributed by atoms with Crippen molar-refractivity contribution in [2.24, 2.45) is 0 Å². The largest absolute Gasteiger partial charge is 0.494 e. The van der Waals surface area contributed by atoms with Gasteiger partial charge in [0.05, 0.1) is 12.4 Å². The van der Waals surface area contributed by atoms with Crippen molar-refractivity contribution in [3.05, 3.63) is 59.9 Å². The highest BCUT2D eigenvalue weighted by Crippen LogP contribution is 2.20. The quantitative estimate of drug-likeness (QED) is 0.487. The maximum atomic E-state index is 12.3. The Kier molecular flexibility index (Phi) is 7.73. The van der Waals surface area contributed by atoms with Crippen molar-refractivity contribution in [1.82, 2.24) is 14.8 Å². The molecule has 0 bridgehead atoms. The number of carbonyl (C=O) groups excluding carboxylic acids is 1. The van der Waals surface area contributed by atoms with Crippen LogP contribution in [0.5, 0.6) is 11.5 Å². The van der Waals surface area contributed by atoms with Gasteiger partial charge in [0.25, 0.3) is 0 Å². The van der Waals surface area contributed by atoms with Crippen molar-refractivity contribution in [1.29, 1.82) is 0 Å². The maximum Gasteiger partial charge on any atom is 0.234 e. The molecule has 0 aliphatic heterocycles. The van der Waals surface area contributed by atoms with Gasteiger partial charge in [0.15, 0.2) is 11.0 Å². The molecule has 1 heterocycles. The Bertz CT molecular complexity index is 973. The van der Waals surface area contributed by atoms with Gasteiger partial charge in [0, 0.05) is 12.2 Å². The Morgan fingerprint density at radius 1 is 1.07 bits per heavy atom. The lowest BCUT2D eigenvalue weighted by Gasteiger charge is -2.09. The van der Waals surface area contributed by atoms with Gasteiger partial charge >= 0.3 is 0 Å². The van der Waals surface area contributed by atoms with E-state index < -0.39 is 0 Å². The predicted molar refractivity (Wildman–Crippen MR) is 118 cm³/mol. The molecule has 158 valence electrons. The molecule has 0 unspecified atom stereocenters. The maximum absolute atomic E-state index is 12.3. The van der Waals surface area contributed by atoms with Crippen LogP contribution < -0.4 is 14.8 Å². The SMILES string of the molecule is CCOc1ccc(NC(=O)CSc2nnc(COc3cccc(C)c3)n2CC)cc1. The Morgan fingerprint density at radius 2 is 1.87 bits per heavy atom. The van der Waals surface area contributed by atoms with Gasteiger partial charge < -0.3 is 19.4 Å². The second-order valence-electron chi connectivity index (χ2n) is 6.54. The molecule has 0 spiro atoms. The molecule has 8 heteroatoms. The Hall–Kier alpha value is -3.00. The summed E-state index contributed by atoms with van der Waals surface area (Å²) >= 11 is 1.35. The molecule has 2 aromatic carbocycles. The number of rotatable bonds is 10. The number of hydrogen-bond donors (Lipinski definition) is 1. The molecule has 1 amide bonds. The lowest BCUT2D eigenvalue weighted by Crippen LogP contribution is -2.15. The fraction of sp³-hybridized carbons (Fsp3) is 0.318. The molecular formula is C22H26N4O3S. The highest BCUT2D eigenvalue weighted by Gasteiger charge is 2.14. The first-order valence-corrected chi connectivity index (χ1v) is 10.8. The van der Waals surface area contributed by atoms with Gasteiger partial charge in [-0.1, -0.05) is 23.9 Å². The molecule has 30 heavy (non-hydrogen) atoms. The summed E-state index contributed by atoms with van der Waals surface area (Å²) in [5.74, 6) is 2.44. The molecular weight excluding hydrogens is 400 g/mol. The Balaban J connectivity index is 1.54. The molecule has 0 aliphatic rings. The third-order valence-electron chi connectivity index (χ3n) is 4.25. The molecule has 0 radical (unpaired) electrons. The summed E-state index contributed by atoms with van der Waals surface area (Å²) in [6.45, 7) is 7.60. The van der Waals surface area contributed by atoms with Crippen LogP contribution in [0.15, 0.2) is 53.7 Å². The van der Waals surface area contributed by atoms with E-state index in [1.54, 1.807) is 0 Å². The zero-order valence-corrected chi connectivity index (χ0v) is 18.2. The van der Waals surface area contributed by atoms with E-state index in [-0.39, 0.29) is 11.7 Å². The van der Waals surface area contributed by atoms with Crippen LogP contribution >= 0.6 is 11.8 Å². The molecule has 3 rings (SSSR count). The molecule has 7 nitrogen and oxygen atoms in total. The zero-order chi connectivity index (χ0) is 21.3. The first-order chi connectivity index (χ1) is 14.6. The molecule has 0 fully saturated rings. The van der Waals surface area contributed by atoms with Gasteiger partial charge in [-0.3, -0.25) is 4.79 Å². The van der Waals surface area contributed by atoms with Crippen LogP contribution in [0.2, 0.25) is 0 Å². The number of ether oxygens (including phenoxy) is 2. The third kappa shape index (κ3) is 6.00. The summed E-state index contributed by atoms with van der Waals surface area (Å²) in [6, 6.07) is 15.2. The lowest BCUT2D eigenvalue weighted by molar-refractivity contribution is -0.113. The lowest BCUT2D eigenvalue weighted by atomic mass is 10.2. The van der Waals surface area contributed by atoms with Gasteiger partial charge in [0.2, 0.25) is 5.91 Å². The number of thioether (sulfide) groups is 1. The van der Waals surface area contributed by atoms with Crippen LogP contribution in [-0.2, 0) is 17.9 Å². The average Bonchev–Trinajstić information content (AvgIpc) is 3.14. The number of anilines is 1.